The Bertz CT molecular complexity index is 997. The molecule has 2 aromatic carbocycles. The summed E-state index contributed by atoms with van der Waals surface area (Å²) in [4.78, 5) is 12.5. The van der Waals surface area contributed by atoms with E-state index < -0.39 is 0 Å². The fraction of sp³-hybridized carbons (Fsp3) is 0.0500. The van der Waals surface area contributed by atoms with E-state index in [-0.39, 0.29) is 5.63 Å². The number of fused-ring (bicyclic) bond motifs is 1. The van der Waals surface area contributed by atoms with Gasteiger partial charge in [-0.25, -0.2) is 4.79 Å². The Labute approximate surface area is 138 Å². The number of hydrogen-bond acceptors (Lipinski definition) is 3. The van der Waals surface area contributed by atoms with Crippen LogP contribution in [0.25, 0.3) is 28.3 Å². The minimum atomic E-state index is -0.342. The molecule has 0 radical (unpaired) electrons. The highest BCUT2D eigenvalue weighted by molar-refractivity contribution is 5.81. The van der Waals surface area contributed by atoms with Crippen molar-refractivity contribution in [2.45, 2.75) is 0 Å². The molecular formula is C20H15NO3. The van der Waals surface area contributed by atoms with E-state index in [0.29, 0.717) is 11.3 Å². The maximum Gasteiger partial charge on any atom is 0.346 e. The largest absolute Gasteiger partial charge is 0.497 e. The summed E-state index contributed by atoms with van der Waals surface area (Å²) in [6, 6.07) is 21.0. The number of aromatic nitrogens is 1. The van der Waals surface area contributed by atoms with Crippen molar-refractivity contribution < 1.29 is 9.15 Å². The zero-order valence-electron chi connectivity index (χ0n) is 13.1. The van der Waals surface area contributed by atoms with E-state index in [1.165, 1.54) is 0 Å². The summed E-state index contributed by atoms with van der Waals surface area (Å²) >= 11 is 0. The molecule has 0 amide bonds. The molecule has 118 valence electrons. The van der Waals surface area contributed by atoms with Crippen LogP contribution in [0.2, 0.25) is 0 Å². The van der Waals surface area contributed by atoms with Gasteiger partial charge >= 0.3 is 5.63 Å². The lowest BCUT2D eigenvalue weighted by molar-refractivity contribution is 0.415. The highest BCUT2D eigenvalue weighted by Gasteiger charge is 2.22. The van der Waals surface area contributed by atoms with Crippen LogP contribution in [0.1, 0.15) is 0 Å². The molecule has 0 saturated carbocycles. The number of para-hydroxylation sites is 1. The first-order chi connectivity index (χ1) is 11.8. The van der Waals surface area contributed by atoms with E-state index in [0.717, 1.165) is 22.7 Å². The van der Waals surface area contributed by atoms with Crippen molar-refractivity contribution in [3.63, 3.8) is 0 Å². The third-order valence-electron chi connectivity index (χ3n) is 4.01. The topological polar surface area (TPSA) is 44.4 Å². The van der Waals surface area contributed by atoms with Crippen molar-refractivity contribution in [3.05, 3.63) is 83.3 Å². The van der Waals surface area contributed by atoms with Crippen molar-refractivity contribution in [1.29, 1.82) is 0 Å². The second kappa shape index (κ2) is 5.74. The lowest BCUT2D eigenvalue weighted by atomic mass is 10.0. The Morgan fingerprint density at radius 1 is 0.917 bits per heavy atom. The highest BCUT2D eigenvalue weighted by atomic mass is 16.5. The summed E-state index contributed by atoms with van der Waals surface area (Å²) < 4.78 is 12.6. The molecule has 0 aromatic heterocycles. The summed E-state index contributed by atoms with van der Waals surface area (Å²) in [5.74, 6) is 1.31. The number of rotatable bonds is 3. The molecule has 0 fully saturated rings. The van der Waals surface area contributed by atoms with Crippen molar-refractivity contribution >= 4 is 0 Å². The first-order valence-electron chi connectivity index (χ1n) is 7.62. The molecule has 0 bridgehead atoms. The molecule has 4 heteroatoms. The SMILES string of the molecule is COc1ccc(-c2c3n(-c4ccccc4)cccc-3oc2=O)cc1. The number of methoxy groups -OCH3 is 1. The minimum absolute atomic E-state index is 0.342. The molecule has 0 unspecified atom stereocenters. The van der Waals surface area contributed by atoms with E-state index in [2.05, 4.69) is 0 Å². The molecule has 4 rings (SSSR count). The van der Waals surface area contributed by atoms with Crippen LogP contribution < -0.4 is 10.4 Å². The van der Waals surface area contributed by atoms with Gasteiger partial charge in [0.15, 0.2) is 5.76 Å². The lowest BCUT2D eigenvalue weighted by Gasteiger charge is -2.13. The van der Waals surface area contributed by atoms with Crippen LogP contribution in [0.15, 0.2) is 82.1 Å². The van der Waals surface area contributed by atoms with Gasteiger partial charge in [0.25, 0.3) is 0 Å². The summed E-state index contributed by atoms with van der Waals surface area (Å²) in [5, 5.41) is 0. The van der Waals surface area contributed by atoms with Crippen LogP contribution in [-0.4, -0.2) is 11.7 Å². The predicted molar refractivity (Wildman–Crippen MR) is 92.9 cm³/mol. The lowest BCUT2D eigenvalue weighted by Crippen LogP contribution is -2.02. The monoisotopic (exact) mass is 317 g/mol. The molecule has 2 aliphatic rings. The van der Waals surface area contributed by atoms with Gasteiger partial charge in [-0.2, -0.15) is 0 Å². The molecule has 0 aliphatic carbocycles. The molecule has 0 spiro atoms. The summed E-state index contributed by atoms with van der Waals surface area (Å²) in [6.07, 6.45) is 1.93. The quantitative estimate of drug-likeness (QED) is 0.568. The van der Waals surface area contributed by atoms with Gasteiger partial charge in [-0.05, 0) is 42.0 Å². The highest BCUT2D eigenvalue weighted by Crippen LogP contribution is 2.34. The molecular weight excluding hydrogens is 302 g/mol. The average Bonchev–Trinajstić information content (AvgIpc) is 2.98. The zero-order chi connectivity index (χ0) is 16.5. The third-order valence-corrected chi connectivity index (χ3v) is 4.01. The molecule has 2 heterocycles. The minimum Gasteiger partial charge on any atom is -0.497 e. The van der Waals surface area contributed by atoms with E-state index in [1.54, 1.807) is 7.11 Å². The van der Waals surface area contributed by atoms with Gasteiger partial charge in [-0.3, -0.25) is 0 Å². The van der Waals surface area contributed by atoms with E-state index >= 15 is 0 Å². The zero-order valence-corrected chi connectivity index (χ0v) is 13.1. The Morgan fingerprint density at radius 2 is 1.67 bits per heavy atom. The smallest absolute Gasteiger partial charge is 0.346 e. The van der Waals surface area contributed by atoms with Crippen LogP contribution in [0, 0.1) is 0 Å². The maximum atomic E-state index is 12.5. The van der Waals surface area contributed by atoms with E-state index in [9.17, 15) is 4.79 Å². The standard InChI is InChI=1S/C20H15NO3/c1-23-16-11-9-14(10-12-16)18-19-17(24-20(18)22)8-5-13-21(19)15-6-3-2-4-7-15/h2-13H,1H3. The van der Waals surface area contributed by atoms with Crippen molar-refractivity contribution in [3.8, 4) is 34.0 Å². The Kier molecular flexibility index (Phi) is 3.43. The third kappa shape index (κ3) is 2.29. The van der Waals surface area contributed by atoms with E-state index in [1.807, 2.05) is 77.5 Å². The summed E-state index contributed by atoms with van der Waals surface area (Å²) in [7, 11) is 1.62. The fourth-order valence-electron chi connectivity index (χ4n) is 2.88. The predicted octanol–water partition coefficient (Wildman–Crippen LogP) is 4.21. The maximum absolute atomic E-state index is 12.5. The van der Waals surface area contributed by atoms with Crippen LogP contribution in [0.4, 0.5) is 0 Å². The molecule has 4 nitrogen and oxygen atoms in total. The van der Waals surface area contributed by atoms with E-state index in [4.69, 9.17) is 9.15 Å². The normalized spacial score (nSPS) is 10.9. The summed E-state index contributed by atoms with van der Waals surface area (Å²) in [5.41, 5.74) is 2.75. The summed E-state index contributed by atoms with van der Waals surface area (Å²) in [6.45, 7) is 0. The van der Waals surface area contributed by atoms with Crippen LogP contribution in [0.3, 0.4) is 0 Å². The van der Waals surface area contributed by atoms with Gasteiger partial charge in [0.2, 0.25) is 0 Å². The molecule has 0 N–H and O–H groups in total. The van der Waals surface area contributed by atoms with Gasteiger partial charge in [-0.1, -0.05) is 30.3 Å². The van der Waals surface area contributed by atoms with Gasteiger partial charge in [0.05, 0.1) is 12.7 Å². The molecule has 24 heavy (non-hydrogen) atoms. The van der Waals surface area contributed by atoms with Crippen molar-refractivity contribution in [2.75, 3.05) is 7.11 Å². The number of furan rings is 1. The second-order valence-electron chi connectivity index (χ2n) is 5.42. The van der Waals surface area contributed by atoms with Gasteiger partial charge in [-0.15, -0.1) is 0 Å². The number of pyridine rings is 1. The van der Waals surface area contributed by atoms with Gasteiger partial charge in [0, 0.05) is 11.9 Å². The van der Waals surface area contributed by atoms with Gasteiger partial charge < -0.3 is 13.7 Å². The Balaban J connectivity index is 1.98. The van der Waals surface area contributed by atoms with Crippen LogP contribution in [0.5, 0.6) is 5.75 Å². The van der Waals surface area contributed by atoms with Crippen molar-refractivity contribution in [1.82, 2.24) is 4.57 Å². The molecule has 2 aromatic rings. The average molecular weight is 317 g/mol. The number of ether oxygens (including phenoxy) is 1. The Hall–Kier alpha value is -3.27. The Morgan fingerprint density at radius 3 is 2.38 bits per heavy atom. The molecule has 2 aliphatic heterocycles. The van der Waals surface area contributed by atoms with Crippen LogP contribution in [-0.2, 0) is 0 Å². The number of hydrogen-bond donors (Lipinski definition) is 0. The van der Waals surface area contributed by atoms with Crippen molar-refractivity contribution in [2.24, 2.45) is 0 Å². The van der Waals surface area contributed by atoms with Crippen LogP contribution >= 0.6 is 0 Å². The molecule has 0 saturated heterocycles. The number of nitrogens with zero attached hydrogens (tertiary/aromatic N) is 1. The fourth-order valence-corrected chi connectivity index (χ4v) is 2.88. The van der Waals surface area contributed by atoms with Gasteiger partial charge in [0.1, 0.15) is 11.4 Å². The number of benzene rings is 2. The molecule has 0 atom stereocenters. The first-order valence-corrected chi connectivity index (χ1v) is 7.62. The first kappa shape index (κ1) is 14.3. The second-order valence-corrected chi connectivity index (χ2v) is 5.42.